The first-order valence-corrected chi connectivity index (χ1v) is 5.05. The molecule has 1 aromatic heterocycles. The van der Waals surface area contributed by atoms with Gasteiger partial charge in [0.25, 0.3) is 0 Å². The molecule has 1 aliphatic heterocycles. The molecule has 1 fully saturated rings. The van der Waals surface area contributed by atoms with Crippen LogP contribution in [0.3, 0.4) is 0 Å². The highest BCUT2D eigenvalue weighted by Gasteiger charge is 2.40. The first-order chi connectivity index (χ1) is 6.26. The summed E-state index contributed by atoms with van der Waals surface area (Å²) in [6.07, 6.45) is 4.20. The van der Waals surface area contributed by atoms with Crippen molar-refractivity contribution in [2.24, 2.45) is 5.92 Å². The van der Waals surface area contributed by atoms with E-state index in [9.17, 15) is 0 Å². The number of rotatable bonds is 2. The van der Waals surface area contributed by atoms with Crippen molar-refractivity contribution in [3.63, 3.8) is 0 Å². The molecule has 1 aliphatic rings. The first-order valence-electron chi connectivity index (χ1n) is 5.05. The molecule has 1 saturated heterocycles. The quantitative estimate of drug-likeness (QED) is 0.754. The number of nitrogens with one attached hydrogen (secondary N) is 1. The molecule has 72 valence electrons. The lowest BCUT2D eigenvalue weighted by Crippen LogP contribution is -2.41. The summed E-state index contributed by atoms with van der Waals surface area (Å²) >= 11 is 0. The van der Waals surface area contributed by atoms with Crippen LogP contribution in [0.25, 0.3) is 0 Å². The molecule has 0 saturated carbocycles. The summed E-state index contributed by atoms with van der Waals surface area (Å²) in [5.41, 5.74) is 0.101. The van der Waals surface area contributed by atoms with Gasteiger partial charge < -0.3 is 9.73 Å². The summed E-state index contributed by atoms with van der Waals surface area (Å²) in [5.74, 6) is 1.68. The fourth-order valence-electron chi connectivity index (χ4n) is 2.29. The van der Waals surface area contributed by atoms with Crippen molar-refractivity contribution < 1.29 is 4.42 Å². The van der Waals surface area contributed by atoms with Crippen molar-refractivity contribution >= 4 is 0 Å². The highest BCUT2D eigenvalue weighted by atomic mass is 16.3. The lowest BCUT2D eigenvalue weighted by molar-refractivity contribution is 0.226. The summed E-state index contributed by atoms with van der Waals surface area (Å²) in [5, 5.41) is 3.58. The molecule has 2 rings (SSSR count). The van der Waals surface area contributed by atoms with Crippen LogP contribution in [-0.2, 0) is 5.54 Å². The summed E-state index contributed by atoms with van der Waals surface area (Å²) in [4.78, 5) is 0. The molecule has 0 bridgehead atoms. The van der Waals surface area contributed by atoms with Gasteiger partial charge in [-0.05, 0) is 37.4 Å². The first kappa shape index (κ1) is 8.82. The molecule has 0 aromatic carbocycles. The third kappa shape index (κ3) is 1.29. The molecule has 1 N–H and O–H groups in total. The third-order valence-corrected chi connectivity index (χ3v) is 3.13. The predicted molar refractivity (Wildman–Crippen MR) is 52.5 cm³/mol. The second-order valence-electron chi connectivity index (χ2n) is 4.13. The summed E-state index contributed by atoms with van der Waals surface area (Å²) < 4.78 is 5.52. The maximum atomic E-state index is 5.52. The Morgan fingerprint density at radius 1 is 1.54 bits per heavy atom. The van der Waals surface area contributed by atoms with Crippen molar-refractivity contribution in [2.45, 2.75) is 32.2 Å². The maximum absolute atomic E-state index is 5.52. The van der Waals surface area contributed by atoms with Gasteiger partial charge in [-0.3, -0.25) is 0 Å². The Morgan fingerprint density at radius 3 is 2.85 bits per heavy atom. The van der Waals surface area contributed by atoms with E-state index < -0.39 is 0 Å². The van der Waals surface area contributed by atoms with Crippen molar-refractivity contribution in [1.29, 1.82) is 0 Å². The van der Waals surface area contributed by atoms with Crippen molar-refractivity contribution in [1.82, 2.24) is 5.32 Å². The van der Waals surface area contributed by atoms with Gasteiger partial charge in [0.05, 0.1) is 11.8 Å². The van der Waals surface area contributed by atoms with Gasteiger partial charge in [-0.1, -0.05) is 13.8 Å². The van der Waals surface area contributed by atoms with Crippen LogP contribution >= 0.6 is 0 Å². The average Bonchev–Trinajstić information content (AvgIpc) is 2.75. The van der Waals surface area contributed by atoms with Crippen LogP contribution in [0.4, 0.5) is 0 Å². The van der Waals surface area contributed by atoms with Gasteiger partial charge in [-0.2, -0.15) is 0 Å². The minimum Gasteiger partial charge on any atom is -0.467 e. The summed E-state index contributed by atoms with van der Waals surface area (Å²) in [6.45, 7) is 5.61. The van der Waals surface area contributed by atoms with Gasteiger partial charge in [0, 0.05) is 0 Å². The van der Waals surface area contributed by atoms with Gasteiger partial charge >= 0.3 is 0 Å². The largest absolute Gasteiger partial charge is 0.467 e. The van der Waals surface area contributed by atoms with E-state index in [1.165, 1.54) is 12.8 Å². The maximum Gasteiger partial charge on any atom is 0.124 e. The van der Waals surface area contributed by atoms with Gasteiger partial charge in [0.1, 0.15) is 5.76 Å². The van der Waals surface area contributed by atoms with E-state index >= 15 is 0 Å². The molecule has 1 aromatic rings. The molecule has 0 aliphatic carbocycles. The SMILES string of the molecule is CC(C)C1(c2ccco2)CCCN1. The van der Waals surface area contributed by atoms with E-state index in [1.807, 2.05) is 6.07 Å². The normalized spacial score (nSPS) is 28.5. The molecule has 13 heavy (non-hydrogen) atoms. The Morgan fingerprint density at radius 2 is 2.38 bits per heavy atom. The van der Waals surface area contributed by atoms with E-state index in [2.05, 4.69) is 25.2 Å². The van der Waals surface area contributed by atoms with Crippen molar-refractivity contribution in [3.05, 3.63) is 24.2 Å². The molecule has 0 radical (unpaired) electrons. The zero-order valence-electron chi connectivity index (χ0n) is 8.34. The van der Waals surface area contributed by atoms with Gasteiger partial charge in [0.2, 0.25) is 0 Å². The second kappa shape index (κ2) is 3.18. The van der Waals surface area contributed by atoms with E-state index in [0.29, 0.717) is 5.92 Å². The van der Waals surface area contributed by atoms with Crippen LogP contribution in [-0.4, -0.2) is 6.54 Å². The van der Waals surface area contributed by atoms with E-state index in [0.717, 1.165) is 12.3 Å². The number of hydrogen-bond acceptors (Lipinski definition) is 2. The minimum atomic E-state index is 0.101. The monoisotopic (exact) mass is 179 g/mol. The van der Waals surface area contributed by atoms with Crippen molar-refractivity contribution in [2.75, 3.05) is 6.54 Å². The standard InChI is InChI=1S/C11H17NO/c1-9(2)11(6-4-7-12-11)10-5-3-8-13-10/h3,5,8-9,12H,4,6-7H2,1-2H3. The molecule has 0 spiro atoms. The fourth-order valence-corrected chi connectivity index (χ4v) is 2.29. The number of hydrogen-bond donors (Lipinski definition) is 1. The van der Waals surface area contributed by atoms with Crippen LogP contribution in [0.1, 0.15) is 32.4 Å². The van der Waals surface area contributed by atoms with E-state index in [1.54, 1.807) is 6.26 Å². The average molecular weight is 179 g/mol. The lowest BCUT2D eigenvalue weighted by atomic mass is 9.83. The van der Waals surface area contributed by atoms with Gasteiger partial charge in [-0.15, -0.1) is 0 Å². The van der Waals surface area contributed by atoms with E-state index in [4.69, 9.17) is 4.42 Å². The summed E-state index contributed by atoms with van der Waals surface area (Å²) in [6, 6.07) is 4.05. The molecule has 2 nitrogen and oxygen atoms in total. The van der Waals surface area contributed by atoms with Crippen LogP contribution < -0.4 is 5.32 Å². The lowest BCUT2D eigenvalue weighted by Gasteiger charge is -2.31. The number of furan rings is 1. The predicted octanol–water partition coefficient (Wildman–Crippen LogP) is 2.51. The molecular weight excluding hydrogens is 162 g/mol. The third-order valence-electron chi connectivity index (χ3n) is 3.13. The van der Waals surface area contributed by atoms with Crippen molar-refractivity contribution in [3.8, 4) is 0 Å². The Balaban J connectivity index is 2.33. The van der Waals surface area contributed by atoms with Crippen LogP contribution in [0.5, 0.6) is 0 Å². The molecule has 1 atom stereocenters. The smallest absolute Gasteiger partial charge is 0.124 e. The van der Waals surface area contributed by atoms with Crippen LogP contribution in [0.2, 0.25) is 0 Å². The zero-order chi connectivity index (χ0) is 9.31. The topological polar surface area (TPSA) is 25.2 Å². The molecule has 2 heterocycles. The highest BCUT2D eigenvalue weighted by Crippen LogP contribution is 2.37. The fraction of sp³-hybridized carbons (Fsp3) is 0.636. The highest BCUT2D eigenvalue weighted by molar-refractivity contribution is 5.15. The zero-order valence-corrected chi connectivity index (χ0v) is 8.34. The Kier molecular flexibility index (Phi) is 2.16. The second-order valence-corrected chi connectivity index (χ2v) is 4.13. The molecule has 2 heteroatoms. The Labute approximate surface area is 79.3 Å². The van der Waals surface area contributed by atoms with E-state index in [-0.39, 0.29) is 5.54 Å². The van der Waals surface area contributed by atoms with Crippen LogP contribution in [0, 0.1) is 5.92 Å². The molecule has 0 amide bonds. The van der Waals surface area contributed by atoms with Gasteiger partial charge in [0.15, 0.2) is 0 Å². The summed E-state index contributed by atoms with van der Waals surface area (Å²) in [7, 11) is 0. The van der Waals surface area contributed by atoms with Crippen LogP contribution in [0.15, 0.2) is 22.8 Å². The molecule has 1 unspecified atom stereocenters. The Hall–Kier alpha value is -0.760. The minimum absolute atomic E-state index is 0.101. The Bertz CT molecular complexity index is 258. The van der Waals surface area contributed by atoms with Gasteiger partial charge in [-0.25, -0.2) is 0 Å². The molecular formula is C11H17NO.